The van der Waals surface area contributed by atoms with Crippen molar-refractivity contribution in [3.05, 3.63) is 29.8 Å². The minimum atomic E-state index is -0.239. The van der Waals surface area contributed by atoms with E-state index in [9.17, 15) is 4.79 Å². The summed E-state index contributed by atoms with van der Waals surface area (Å²) >= 11 is 0. The number of ether oxygens (including phenoxy) is 1. The second-order valence-electron chi connectivity index (χ2n) is 4.96. The van der Waals surface area contributed by atoms with E-state index in [1.54, 1.807) is 0 Å². The molecule has 0 aliphatic carbocycles. The van der Waals surface area contributed by atoms with Crippen LogP contribution in [0, 0.1) is 5.92 Å². The molecule has 2 unspecified atom stereocenters. The van der Waals surface area contributed by atoms with Gasteiger partial charge in [0.15, 0.2) is 0 Å². The summed E-state index contributed by atoms with van der Waals surface area (Å²) in [4.78, 5) is 11.5. The molecule has 3 N–H and O–H groups in total. The zero-order valence-electron chi connectivity index (χ0n) is 10.9. The van der Waals surface area contributed by atoms with Gasteiger partial charge in [0, 0.05) is 18.5 Å². The highest BCUT2D eigenvalue weighted by molar-refractivity contribution is 5.79. The lowest BCUT2D eigenvalue weighted by molar-refractivity contribution is -0.122. The first kappa shape index (κ1) is 12.9. The molecule has 4 nitrogen and oxygen atoms in total. The maximum atomic E-state index is 11.5. The van der Waals surface area contributed by atoms with Crippen molar-refractivity contribution >= 4 is 5.91 Å². The Morgan fingerprint density at radius 1 is 1.50 bits per heavy atom. The minimum Gasteiger partial charge on any atom is -0.494 e. The second kappa shape index (κ2) is 4.98. The highest BCUT2D eigenvalue weighted by Gasteiger charge is 2.43. The van der Waals surface area contributed by atoms with Crippen LogP contribution in [0.4, 0.5) is 0 Å². The summed E-state index contributed by atoms with van der Waals surface area (Å²) in [6, 6.07) is 7.93. The number of rotatable bonds is 4. The molecule has 18 heavy (non-hydrogen) atoms. The summed E-state index contributed by atoms with van der Waals surface area (Å²) in [6.45, 7) is 6.12. The van der Waals surface area contributed by atoms with Gasteiger partial charge in [-0.15, -0.1) is 0 Å². The van der Waals surface area contributed by atoms with Gasteiger partial charge in [-0.1, -0.05) is 19.1 Å². The topological polar surface area (TPSA) is 64.3 Å². The molecule has 1 aliphatic rings. The molecule has 1 aromatic carbocycles. The van der Waals surface area contributed by atoms with Crippen molar-refractivity contribution in [2.75, 3.05) is 19.7 Å². The zero-order chi connectivity index (χ0) is 13.2. The highest BCUT2D eigenvalue weighted by atomic mass is 16.5. The largest absolute Gasteiger partial charge is 0.494 e. The van der Waals surface area contributed by atoms with Gasteiger partial charge in [0.25, 0.3) is 0 Å². The van der Waals surface area contributed by atoms with Crippen molar-refractivity contribution in [1.29, 1.82) is 0 Å². The SMILES string of the molecule is CCOc1ccc(C2(C)CNCC2C(N)=O)cc1. The van der Waals surface area contributed by atoms with E-state index in [4.69, 9.17) is 10.5 Å². The number of benzene rings is 1. The van der Waals surface area contributed by atoms with Gasteiger partial charge in [0.05, 0.1) is 12.5 Å². The summed E-state index contributed by atoms with van der Waals surface area (Å²) < 4.78 is 5.42. The van der Waals surface area contributed by atoms with Crippen LogP contribution in [0.15, 0.2) is 24.3 Å². The van der Waals surface area contributed by atoms with Crippen molar-refractivity contribution < 1.29 is 9.53 Å². The normalized spacial score (nSPS) is 27.1. The standard InChI is InChI=1S/C14H20N2O2/c1-3-18-11-6-4-10(5-7-11)14(2)9-16-8-12(14)13(15)17/h4-7,12,16H,3,8-9H2,1-2H3,(H2,15,17). The van der Waals surface area contributed by atoms with Crippen LogP contribution in [0.2, 0.25) is 0 Å². The summed E-state index contributed by atoms with van der Waals surface area (Å²) in [5.74, 6) is 0.457. The Balaban J connectivity index is 2.26. The molecule has 1 aliphatic heterocycles. The van der Waals surface area contributed by atoms with E-state index in [-0.39, 0.29) is 17.2 Å². The van der Waals surface area contributed by atoms with Crippen LogP contribution < -0.4 is 15.8 Å². The molecule has 1 fully saturated rings. The van der Waals surface area contributed by atoms with E-state index < -0.39 is 0 Å². The van der Waals surface area contributed by atoms with Gasteiger partial charge in [-0.25, -0.2) is 0 Å². The molecule has 0 spiro atoms. The average molecular weight is 248 g/mol. The number of carbonyl (C=O) groups is 1. The second-order valence-corrected chi connectivity index (χ2v) is 4.96. The molecular formula is C14H20N2O2. The van der Waals surface area contributed by atoms with Gasteiger partial charge in [0.2, 0.25) is 5.91 Å². The summed E-state index contributed by atoms with van der Waals surface area (Å²) in [5.41, 5.74) is 6.38. The van der Waals surface area contributed by atoms with Gasteiger partial charge in [-0.3, -0.25) is 4.79 Å². The molecule has 98 valence electrons. The number of amides is 1. The molecule has 2 atom stereocenters. The van der Waals surface area contributed by atoms with Crippen molar-refractivity contribution in [3.63, 3.8) is 0 Å². The molecule has 0 radical (unpaired) electrons. The van der Waals surface area contributed by atoms with E-state index in [0.717, 1.165) is 17.9 Å². The van der Waals surface area contributed by atoms with Gasteiger partial charge < -0.3 is 15.8 Å². The molecule has 4 heteroatoms. The number of hydrogen-bond acceptors (Lipinski definition) is 3. The van der Waals surface area contributed by atoms with Crippen molar-refractivity contribution in [3.8, 4) is 5.75 Å². The minimum absolute atomic E-state index is 0.157. The molecule has 0 saturated carbocycles. The summed E-state index contributed by atoms with van der Waals surface area (Å²) in [5, 5.41) is 3.25. The Kier molecular flexibility index (Phi) is 3.57. The fraction of sp³-hybridized carbons (Fsp3) is 0.500. The van der Waals surface area contributed by atoms with Crippen LogP contribution in [0.3, 0.4) is 0 Å². The lowest BCUT2D eigenvalue weighted by Crippen LogP contribution is -2.39. The predicted molar refractivity (Wildman–Crippen MR) is 70.5 cm³/mol. The average Bonchev–Trinajstić information content (AvgIpc) is 2.74. The smallest absolute Gasteiger partial charge is 0.222 e. The van der Waals surface area contributed by atoms with E-state index >= 15 is 0 Å². The lowest BCUT2D eigenvalue weighted by Gasteiger charge is -2.29. The monoisotopic (exact) mass is 248 g/mol. The number of nitrogens with one attached hydrogen (secondary N) is 1. The Bertz CT molecular complexity index is 430. The van der Waals surface area contributed by atoms with E-state index in [2.05, 4.69) is 12.2 Å². The number of primary amides is 1. The first-order valence-electron chi connectivity index (χ1n) is 6.31. The molecular weight excluding hydrogens is 228 g/mol. The van der Waals surface area contributed by atoms with Crippen LogP contribution in [0.1, 0.15) is 19.4 Å². The van der Waals surface area contributed by atoms with E-state index in [1.807, 2.05) is 31.2 Å². The van der Waals surface area contributed by atoms with Crippen LogP contribution in [0.25, 0.3) is 0 Å². The third kappa shape index (κ3) is 2.20. The Morgan fingerprint density at radius 2 is 2.17 bits per heavy atom. The quantitative estimate of drug-likeness (QED) is 0.837. The van der Waals surface area contributed by atoms with E-state index in [1.165, 1.54) is 0 Å². The summed E-state index contributed by atoms with van der Waals surface area (Å²) in [6.07, 6.45) is 0. The Morgan fingerprint density at radius 3 is 2.72 bits per heavy atom. The Hall–Kier alpha value is -1.55. The number of carbonyl (C=O) groups excluding carboxylic acids is 1. The fourth-order valence-electron chi connectivity index (χ4n) is 2.64. The predicted octanol–water partition coefficient (Wildman–Crippen LogP) is 1.05. The maximum absolute atomic E-state index is 11.5. The summed E-state index contributed by atoms with van der Waals surface area (Å²) in [7, 11) is 0. The third-order valence-corrected chi connectivity index (χ3v) is 3.78. The van der Waals surface area contributed by atoms with Gasteiger partial charge >= 0.3 is 0 Å². The van der Waals surface area contributed by atoms with Crippen LogP contribution in [-0.4, -0.2) is 25.6 Å². The first-order chi connectivity index (χ1) is 8.58. The Labute approximate surface area is 108 Å². The van der Waals surface area contributed by atoms with Crippen molar-refractivity contribution in [2.45, 2.75) is 19.3 Å². The molecule has 1 aromatic rings. The maximum Gasteiger partial charge on any atom is 0.222 e. The lowest BCUT2D eigenvalue weighted by atomic mass is 9.74. The van der Waals surface area contributed by atoms with E-state index in [0.29, 0.717) is 13.2 Å². The molecule has 1 heterocycles. The molecule has 1 saturated heterocycles. The first-order valence-corrected chi connectivity index (χ1v) is 6.31. The molecule has 0 bridgehead atoms. The van der Waals surface area contributed by atoms with Crippen LogP contribution >= 0.6 is 0 Å². The molecule has 1 amide bonds. The van der Waals surface area contributed by atoms with Gasteiger partial charge in [0.1, 0.15) is 5.75 Å². The highest BCUT2D eigenvalue weighted by Crippen LogP contribution is 2.35. The number of nitrogens with two attached hydrogens (primary N) is 1. The third-order valence-electron chi connectivity index (χ3n) is 3.78. The van der Waals surface area contributed by atoms with Crippen LogP contribution in [-0.2, 0) is 10.2 Å². The molecule has 0 aromatic heterocycles. The fourth-order valence-corrected chi connectivity index (χ4v) is 2.64. The van der Waals surface area contributed by atoms with Gasteiger partial charge in [-0.2, -0.15) is 0 Å². The van der Waals surface area contributed by atoms with Crippen LogP contribution in [0.5, 0.6) is 5.75 Å². The van der Waals surface area contributed by atoms with Crippen molar-refractivity contribution in [1.82, 2.24) is 5.32 Å². The molecule has 2 rings (SSSR count). The zero-order valence-corrected chi connectivity index (χ0v) is 10.9. The van der Waals surface area contributed by atoms with Gasteiger partial charge in [-0.05, 0) is 24.6 Å². The van der Waals surface area contributed by atoms with Crippen molar-refractivity contribution in [2.24, 2.45) is 11.7 Å². The number of hydrogen-bond donors (Lipinski definition) is 2.